The normalized spacial score (nSPS) is 14.5. The highest BCUT2D eigenvalue weighted by Crippen LogP contribution is 2.45. The number of unbranched alkanes of at least 4 members (excludes halogenated alkanes) is 37. The predicted octanol–water partition coefficient (Wildman–Crippen LogP) is 22.4. The van der Waals surface area contributed by atoms with Crippen LogP contribution in [-0.4, -0.2) is 95.9 Å². The Balaban J connectivity index is 4.27. The van der Waals surface area contributed by atoms with E-state index in [1.165, 1.54) is 161 Å². The van der Waals surface area contributed by atoms with Crippen LogP contribution < -0.4 is 0 Å². The summed E-state index contributed by atoms with van der Waals surface area (Å²) in [6, 6.07) is 0. The summed E-state index contributed by atoms with van der Waals surface area (Å²) in [6.45, 7) is 2.58. The van der Waals surface area contributed by atoms with Gasteiger partial charge in [0.2, 0.25) is 0 Å². The van der Waals surface area contributed by atoms with Crippen molar-refractivity contribution in [3.05, 3.63) is 85.1 Å². The standard InChI is InChI=1S/C79H142O16P2/c1-4-7-10-13-16-19-22-24-26-27-28-29-30-31-32-33-34-35-36-37-38-39-40-41-42-43-44-45-47-49-51-53-56-59-62-65-77(82)89-68-74(80)69-91-96(85,86)92-70-75(81)71-93-97(87,88)94-73-76(95-79(84)67-64-61-58-55-50-21-18-15-12-9-6-3)72-90-78(83)66-63-60-57-54-52-48-46-25-23-20-17-14-11-8-5-2/h15-20,24-26,28-29,31-32,46,74-76,80-81H,4-14,21-23,27,30,33-45,47-73H2,1-3H3,(H,85,86)(H,87,88)/b18-15-,19-16-,20-17-,26-24-,29-28-,32-31-,46-25-. The average Bonchev–Trinajstić information content (AvgIpc) is 2.01. The van der Waals surface area contributed by atoms with Crippen LogP contribution in [0.1, 0.15) is 342 Å². The number of aliphatic hydroxyl groups excluding tert-OH is 2. The molecule has 0 spiro atoms. The van der Waals surface area contributed by atoms with Crippen LogP contribution in [0.15, 0.2) is 85.1 Å². The molecule has 97 heavy (non-hydrogen) atoms. The molecule has 0 aliphatic carbocycles. The molecule has 0 aromatic rings. The second-order valence-electron chi connectivity index (χ2n) is 26.2. The van der Waals surface area contributed by atoms with E-state index in [1.807, 2.05) is 0 Å². The van der Waals surface area contributed by atoms with Crippen LogP contribution in [0.2, 0.25) is 0 Å². The van der Waals surface area contributed by atoms with Gasteiger partial charge in [0, 0.05) is 19.3 Å². The first kappa shape index (κ1) is 93.7. The fraction of sp³-hybridized carbons (Fsp3) is 0.785. The van der Waals surface area contributed by atoms with Crippen LogP contribution in [0.4, 0.5) is 0 Å². The highest BCUT2D eigenvalue weighted by Gasteiger charge is 2.29. The van der Waals surface area contributed by atoms with Gasteiger partial charge in [-0.2, -0.15) is 0 Å². The van der Waals surface area contributed by atoms with Gasteiger partial charge >= 0.3 is 33.6 Å². The molecule has 5 atom stereocenters. The zero-order valence-corrected chi connectivity index (χ0v) is 63.3. The summed E-state index contributed by atoms with van der Waals surface area (Å²) in [5.74, 6) is -1.59. The smallest absolute Gasteiger partial charge is 0.463 e. The third-order valence-corrected chi connectivity index (χ3v) is 18.5. The van der Waals surface area contributed by atoms with Crippen molar-refractivity contribution in [2.45, 2.75) is 360 Å². The highest BCUT2D eigenvalue weighted by atomic mass is 31.2. The highest BCUT2D eigenvalue weighted by molar-refractivity contribution is 7.47. The number of aliphatic hydroxyl groups is 2. The molecule has 0 aliphatic rings. The minimum atomic E-state index is -4.92. The van der Waals surface area contributed by atoms with Gasteiger partial charge in [0.1, 0.15) is 25.4 Å². The number of ether oxygens (including phenoxy) is 3. The summed E-state index contributed by atoms with van der Waals surface area (Å²) >= 11 is 0. The molecule has 18 heteroatoms. The van der Waals surface area contributed by atoms with E-state index in [1.54, 1.807) is 0 Å². The van der Waals surface area contributed by atoms with Gasteiger partial charge in [-0.1, -0.05) is 292 Å². The number of carbonyl (C=O) groups excluding carboxylic acids is 3. The number of phosphoric acid groups is 2. The fourth-order valence-electron chi connectivity index (χ4n) is 10.6. The van der Waals surface area contributed by atoms with Gasteiger partial charge in [0.05, 0.1) is 26.4 Å². The van der Waals surface area contributed by atoms with Gasteiger partial charge in [-0.3, -0.25) is 32.5 Å². The Morgan fingerprint density at radius 2 is 0.526 bits per heavy atom. The Labute approximate surface area is 591 Å². The van der Waals surface area contributed by atoms with Crippen molar-refractivity contribution in [1.82, 2.24) is 0 Å². The lowest BCUT2D eigenvalue weighted by molar-refractivity contribution is -0.161. The van der Waals surface area contributed by atoms with E-state index in [0.717, 1.165) is 122 Å². The van der Waals surface area contributed by atoms with Crippen molar-refractivity contribution in [1.29, 1.82) is 0 Å². The van der Waals surface area contributed by atoms with Crippen molar-refractivity contribution >= 4 is 33.6 Å². The molecule has 5 unspecified atom stereocenters. The van der Waals surface area contributed by atoms with E-state index >= 15 is 0 Å². The number of hydrogen-bond acceptors (Lipinski definition) is 14. The Bertz CT molecular complexity index is 2110. The quantitative estimate of drug-likeness (QED) is 0.0146. The molecule has 0 amide bonds. The molecule has 0 aliphatic heterocycles. The topological polar surface area (TPSA) is 231 Å². The molecule has 564 valence electrons. The maximum Gasteiger partial charge on any atom is 0.472 e. The molecule has 0 bridgehead atoms. The van der Waals surface area contributed by atoms with Crippen molar-refractivity contribution in [2.24, 2.45) is 0 Å². The summed E-state index contributed by atoms with van der Waals surface area (Å²) in [5.41, 5.74) is 0. The first-order valence-electron chi connectivity index (χ1n) is 38.9. The van der Waals surface area contributed by atoms with E-state index in [4.69, 9.17) is 32.3 Å². The SMILES string of the molecule is CCCC/C=C\CCCCCCCC(=O)OC(COC(=O)CCCCCCC/C=C\C/C=C\CCCCC)COP(=O)(O)OCC(O)COP(=O)(O)OCC(O)COC(=O)CCCCCCCCCCCCCCCCCCCCC/C=C\C/C=C\C/C=C\C/C=C\CCCCC. The van der Waals surface area contributed by atoms with Crippen LogP contribution in [0, 0.1) is 0 Å². The van der Waals surface area contributed by atoms with Gasteiger partial charge in [-0.15, -0.1) is 0 Å². The molecule has 0 aromatic heterocycles. The van der Waals surface area contributed by atoms with Gasteiger partial charge in [0.15, 0.2) is 6.10 Å². The zero-order valence-electron chi connectivity index (χ0n) is 61.5. The lowest BCUT2D eigenvalue weighted by atomic mass is 10.0. The second kappa shape index (κ2) is 72.5. The minimum Gasteiger partial charge on any atom is -0.463 e. The summed E-state index contributed by atoms with van der Waals surface area (Å²) in [5, 5.41) is 20.6. The largest absolute Gasteiger partial charge is 0.472 e. The number of rotatable bonds is 74. The van der Waals surface area contributed by atoms with Gasteiger partial charge in [0.25, 0.3) is 0 Å². The van der Waals surface area contributed by atoms with Gasteiger partial charge in [-0.25, -0.2) is 9.13 Å². The summed E-state index contributed by atoms with van der Waals surface area (Å²) in [4.78, 5) is 58.4. The zero-order chi connectivity index (χ0) is 70.9. The minimum absolute atomic E-state index is 0.0928. The van der Waals surface area contributed by atoms with Crippen LogP contribution in [0.25, 0.3) is 0 Å². The Hall–Kier alpha value is -3.27. The fourth-order valence-corrected chi connectivity index (χ4v) is 12.2. The monoisotopic (exact) mass is 1410 g/mol. The summed E-state index contributed by atoms with van der Waals surface area (Å²) in [6.07, 6.45) is 81.0. The van der Waals surface area contributed by atoms with Crippen LogP contribution in [0.3, 0.4) is 0 Å². The number of allylic oxidation sites excluding steroid dienone is 14. The molecular weight excluding hydrogens is 1270 g/mol. The molecule has 0 saturated heterocycles. The van der Waals surface area contributed by atoms with E-state index in [9.17, 15) is 43.5 Å². The third-order valence-electron chi connectivity index (χ3n) is 16.6. The van der Waals surface area contributed by atoms with Crippen molar-refractivity contribution in [3.63, 3.8) is 0 Å². The predicted molar refractivity (Wildman–Crippen MR) is 399 cm³/mol. The van der Waals surface area contributed by atoms with Crippen LogP contribution in [0.5, 0.6) is 0 Å². The van der Waals surface area contributed by atoms with Crippen molar-refractivity contribution in [2.75, 3.05) is 39.6 Å². The lowest BCUT2D eigenvalue weighted by Crippen LogP contribution is -2.30. The Morgan fingerprint density at radius 3 is 0.856 bits per heavy atom. The second-order valence-corrected chi connectivity index (χ2v) is 29.1. The van der Waals surface area contributed by atoms with Gasteiger partial charge in [-0.05, 0) is 116 Å². The van der Waals surface area contributed by atoms with Crippen molar-refractivity contribution < 1.29 is 75.8 Å². The Morgan fingerprint density at radius 1 is 0.289 bits per heavy atom. The maximum atomic E-state index is 12.9. The lowest BCUT2D eigenvalue weighted by Gasteiger charge is -2.21. The number of phosphoric ester groups is 2. The molecule has 0 aromatic carbocycles. The Kier molecular flexibility index (Phi) is 70.1. The van der Waals surface area contributed by atoms with E-state index in [-0.39, 0.29) is 19.3 Å². The number of esters is 3. The average molecular weight is 1410 g/mol. The first-order chi connectivity index (χ1) is 47.2. The van der Waals surface area contributed by atoms with Crippen LogP contribution >= 0.6 is 15.6 Å². The molecule has 0 saturated carbocycles. The maximum absolute atomic E-state index is 12.9. The number of carbonyl (C=O) groups is 3. The molecular formula is C79H142O16P2. The summed E-state index contributed by atoms with van der Waals surface area (Å²) < 4.78 is 60.9. The van der Waals surface area contributed by atoms with E-state index in [0.29, 0.717) is 19.3 Å². The number of hydrogen-bond donors (Lipinski definition) is 4. The molecule has 4 N–H and O–H groups in total. The third kappa shape index (κ3) is 73.8. The van der Waals surface area contributed by atoms with E-state index in [2.05, 4.69) is 106 Å². The molecule has 0 radical (unpaired) electrons. The van der Waals surface area contributed by atoms with E-state index < -0.39 is 91.5 Å². The molecule has 0 heterocycles. The van der Waals surface area contributed by atoms with Crippen LogP contribution in [-0.2, 0) is 55.8 Å². The molecule has 0 rings (SSSR count). The van der Waals surface area contributed by atoms with Gasteiger partial charge < -0.3 is 34.2 Å². The molecule has 0 fully saturated rings. The van der Waals surface area contributed by atoms with Crippen molar-refractivity contribution in [3.8, 4) is 0 Å². The summed E-state index contributed by atoms with van der Waals surface area (Å²) in [7, 11) is -9.77. The molecule has 16 nitrogen and oxygen atoms in total. The first-order valence-corrected chi connectivity index (χ1v) is 41.9.